The van der Waals surface area contributed by atoms with Crippen LogP contribution in [0.5, 0.6) is 0 Å². The molecule has 1 aliphatic heterocycles. The van der Waals surface area contributed by atoms with Gasteiger partial charge in [0.25, 0.3) is 0 Å². The Morgan fingerprint density at radius 1 is 1.53 bits per heavy atom. The summed E-state index contributed by atoms with van der Waals surface area (Å²) in [6, 6.07) is 0.431. The lowest BCUT2D eigenvalue weighted by Gasteiger charge is -2.36. The second-order valence-corrected chi connectivity index (χ2v) is 4.94. The number of nitrogens with zero attached hydrogens (tertiary/aromatic N) is 4. The summed E-state index contributed by atoms with van der Waals surface area (Å²) in [5.41, 5.74) is 5.70. The number of nitrogens with two attached hydrogens (primary N) is 1. The van der Waals surface area contributed by atoms with E-state index >= 15 is 0 Å². The highest BCUT2D eigenvalue weighted by Gasteiger charge is 2.24. The average molecular weight is 256 g/mol. The topological polar surface area (TPSA) is 58.3 Å². The van der Waals surface area contributed by atoms with Crippen molar-refractivity contribution in [3.8, 4) is 0 Å². The molecule has 1 unspecified atom stereocenters. The van der Waals surface area contributed by atoms with Gasteiger partial charge in [0.05, 0.1) is 0 Å². The van der Waals surface area contributed by atoms with Crippen LogP contribution in [0.4, 0.5) is 11.6 Å². The molecule has 1 atom stereocenters. The fraction of sp³-hybridized carbons (Fsp3) is 0.636. The van der Waals surface area contributed by atoms with Crippen molar-refractivity contribution in [2.45, 2.75) is 18.9 Å². The molecule has 0 aliphatic carbocycles. The van der Waals surface area contributed by atoms with Gasteiger partial charge in [0.1, 0.15) is 17.2 Å². The zero-order valence-corrected chi connectivity index (χ0v) is 11.0. The first-order valence-corrected chi connectivity index (χ1v) is 6.14. The first-order valence-electron chi connectivity index (χ1n) is 5.77. The molecule has 0 spiro atoms. The molecule has 5 nitrogen and oxygen atoms in total. The molecular weight excluding hydrogens is 238 g/mol. The van der Waals surface area contributed by atoms with Crippen LogP contribution in [0.2, 0.25) is 5.02 Å². The van der Waals surface area contributed by atoms with E-state index in [1.165, 1.54) is 12.7 Å². The first-order chi connectivity index (χ1) is 8.09. The van der Waals surface area contributed by atoms with Gasteiger partial charge in [-0.2, -0.15) is 0 Å². The molecule has 2 N–H and O–H groups in total. The molecule has 1 fully saturated rings. The summed E-state index contributed by atoms with van der Waals surface area (Å²) in [5.74, 6) is 1.06. The van der Waals surface area contributed by atoms with Gasteiger partial charge >= 0.3 is 0 Å². The Morgan fingerprint density at radius 2 is 2.29 bits per heavy atom. The number of aromatic nitrogens is 2. The van der Waals surface area contributed by atoms with E-state index in [-0.39, 0.29) is 0 Å². The molecule has 0 bridgehead atoms. The molecule has 0 radical (unpaired) electrons. The van der Waals surface area contributed by atoms with E-state index in [1.54, 1.807) is 0 Å². The monoisotopic (exact) mass is 255 g/mol. The van der Waals surface area contributed by atoms with E-state index in [9.17, 15) is 0 Å². The van der Waals surface area contributed by atoms with Crippen LogP contribution in [0.25, 0.3) is 0 Å². The Morgan fingerprint density at radius 3 is 3.00 bits per heavy atom. The van der Waals surface area contributed by atoms with Crippen LogP contribution in [0.15, 0.2) is 6.33 Å². The third-order valence-electron chi connectivity index (χ3n) is 3.28. The maximum atomic E-state index is 6.14. The number of hydrogen-bond donors (Lipinski definition) is 1. The highest BCUT2D eigenvalue weighted by molar-refractivity contribution is 6.35. The number of halogens is 1. The molecule has 1 saturated heterocycles. The number of nitrogen functional groups attached to an aromatic ring is 1. The summed E-state index contributed by atoms with van der Waals surface area (Å²) in [5, 5.41) is 0.447. The van der Waals surface area contributed by atoms with Crippen molar-refractivity contribution in [3.63, 3.8) is 0 Å². The minimum Gasteiger partial charge on any atom is -0.382 e. The van der Waals surface area contributed by atoms with Gasteiger partial charge in [-0.25, -0.2) is 9.97 Å². The minimum atomic E-state index is 0.340. The zero-order chi connectivity index (χ0) is 12.4. The molecule has 1 aromatic rings. The molecule has 0 saturated carbocycles. The van der Waals surface area contributed by atoms with Gasteiger partial charge in [0.15, 0.2) is 5.82 Å². The van der Waals surface area contributed by atoms with Gasteiger partial charge in [0, 0.05) is 19.6 Å². The predicted octanol–water partition coefficient (Wildman–Crippen LogP) is 1.24. The van der Waals surface area contributed by atoms with E-state index < -0.39 is 0 Å². The summed E-state index contributed by atoms with van der Waals surface area (Å²) < 4.78 is 0. The number of likely N-dealkylation sites (N-methyl/N-ethyl adjacent to an activating group) is 2. The van der Waals surface area contributed by atoms with Gasteiger partial charge in [0.2, 0.25) is 0 Å². The Kier molecular flexibility index (Phi) is 3.69. The third-order valence-corrected chi connectivity index (χ3v) is 3.64. The van der Waals surface area contributed by atoms with E-state index in [0.717, 1.165) is 25.3 Å². The number of hydrogen-bond acceptors (Lipinski definition) is 5. The molecule has 0 amide bonds. The Balaban J connectivity index is 2.18. The van der Waals surface area contributed by atoms with E-state index in [4.69, 9.17) is 17.3 Å². The molecule has 0 aromatic carbocycles. The van der Waals surface area contributed by atoms with Gasteiger partial charge in [-0.15, -0.1) is 0 Å². The van der Waals surface area contributed by atoms with Gasteiger partial charge in [-0.05, 0) is 26.4 Å². The largest absolute Gasteiger partial charge is 0.382 e. The summed E-state index contributed by atoms with van der Waals surface area (Å²) >= 11 is 6.14. The molecule has 2 heterocycles. The van der Waals surface area contributed by atoms with Crippen LogP contribution in [-0.2, 0) is 0 Å². The number of piperidine rings is 1. The van der Waals surface area contributed by atoms with Crippen molar-refractivity contribution < 1.29 is 0 Å². The lowest BCUT2D eigenvalue weighted by Crippen LogP contribution is -2.45. The van der Waals surface area contributed by atoms with Crippen molar-refractivity contribution in [1.82, 2.24) is 14.9 Å². The van der Waals surface area contributed by atoms with E-state index in [1.807, 2.05) is 7.05 Å². The molecule has 2 rings (SSSR count). The second kappa shape index (κ2) is 5.06. The van der Waals surface area contributed by atoms with Gasteiger partial charge < -0.3 is 15.5 Å². The van der Waals surface area contributed by atoms with Crippen LogP contribution < -0.4 is 10.6 Å². The highest BCUT2D eigenvalue weighted by atomic mass is 35.5. The molecule has 6 heteroatoms. The van der Waals surface area contributed by atoms with Crippen LogP contribution >= 0.6 is 11.6 Å². The molecule has 1 aliphatic rings. The van der Waals surface area contributed by atoms with Crippen LogP contribution in [0.1, 0.15) is 12.8 Å². The van der Waals surface area contributed by atoms with E-state index in [0.29, 0.717) is 16.9 Å². The van der Waals surface area contributed by atoms with Gasteiger partial charge in [-0.3, -0.25) is 0 Å². The number of rotatable bonds is 2. The minimum absolute atomic E-state index is 0.340. The fourth-order valence-electron chi connectivity index (χ4n) is 2.25. The first kappa shape index (κ1) is 12.4. The maximum absolute atomic E-state index is 6.14. The van der Waals surface area contributed by atoms with Crippen molar-refractivity contribution >= 4 is 23.2 Å². The molecular formula is C11H18ClN5. The maximum Gasteiger partial charge on any atom is 0.153 e. The van der Waals surface area contributed by atoms with Crippen LogP contribution in [0.3, 0.4) is 0 Å². The number of anilines is 2. The predicted molar refractivity (Wildman–Crippen MR) is 70.4 cm³/mol. The summed E-state index contributed by atoms with van der Waals surface area (Å²) in [7, 11) is 4.15. The molecule has 94 valence electrons. The third kappa shape index (κ3) is 2.61. The smallest absolute Gasteiger partial charge is 0.153 e. The number of likely N-dealkylation sites (tertiary alicyclic amines) is 1. The molecule has 1 aromatic heterocycles. The molecule has 17 heavy (non-hydrogen) atoms. The zero-order valence-electron chi connectivity index (χ0n) is 10.2. The summed E-state index contributed by atoms with van der Waals surface area (Å²) in [6.45, 7) is 2.18. The van der Waals surface area contributed by atoms with Crippen molar-refractivity contribution in [3.05, 3.63) is 11.3 Å². The standard InChI is InChI=1S/C11H18ClN5/c1-16-5-3-4-8(6-16)17(2)11-9(12)10(13)14-7-15-11/h7-8H,3-6H2,1-2H3,(H2,13,14,15). The SMILES string of the molecule is CN1CCCC(N(C)c2ncnc(N)c2Cl)C1. The quantitative estimate of drug-likeness (QED) is 0.862. The summed E-state index contributed by atoms with van der Waals surface area (Å²) in [6.07, 6.45) is 3.81. The Bertz CT molecular complexity index is 397. The van der Waals surface area contributed by atoms with Crippen molar-refractivity contribution in [2.24, 2.45) is 0 Å². The Hall–Kier alpha value is -1.07. The summed E-state index contributed by atoms with van der Waals surface area (Å²) in [4.78, 5) is 12.5. The second-order valence-electron chi connectivity index (χ2n) is 4.57. The van der Waals surface area contributed by atoms with E-state index in [2.05, 4.69) is 26.8 Å². The van der Waals surface area contributed by atoms with Crippen molar-refractivity contribution in [2.75, 3.05) is 37.8 Å². The normalized spacial score (nSPS) is 21.5. The highest BCUT2D eigenvalue weighted by Crippen LogP contribution is 2.29. The fourth-order valence-corrected chi connectivity index (χ4v) is 2.48. The van der Waals surface area contributed by atoms with Crippen LogP contribution in [0, 0.1) is 0 Å². The Labute approximate surface area is 107 Å². The average Bonchev–Trinajstić information content (AvgIpc) is 2.32. The van der Waals surface area contributed by atoms with Gasteiger partial charge in [-0.1, -0.05) is 11.6 Å². The lowest BCUT2D eigenvalue weighted by atomic mass is 10.1. The van der Waals surface area contributed by atoms with Crippen molar-refractivity contribution in [1.29, 1.82) is 0 Å². The lowest BCUT2D eigenvalue weighted by molar-refractivity contribution is 0.247. The van der Waals surface area contributed by atoms with Crippen LogP contribution in [-0.4, -0.2) is 48.1 Å².